The molecule has 1 aromatic carbocycles. The van der Waals surface area contributed by atoms with Gasteiger partial charge in [-0.2, -0.15) is 0 Å². The third-order valence-electron chi connectivity index (χ3n) is 3.62. The topological polar surface area (TPSA) is 95.5 Å². The van der Waals surface area contributed by atoms with Gasteiger partial charge in [0.15, 0.2) is 0 Å². The van der Waals surface area contributed by atoms with Gasteiger partial charge in [-0.25, -0.2) is 4.79 Å². The minimum absolute atomic E-state index is 0.0962. The van der Waals surface area contributed by atoms with Gasteiger partial charge in [0.2, 0.25) is 0 Å². The van der Waals surface area contributed by atoms with Crippen LogP contribution in [0.3, 0.4) is 0 Å². The number of amides is 2. The van der Waals surface area contributed by atoms with Gasteiger partial charge in [-0.1, -0.05) is 37.6 Å². The van der Waals surface area contributed by atoms with E-state index < -0.39 is 17.8 Å². The van der Waals surface area contributed by atoms with Crippen molar-refractivity contribution < 1.29 is 19.5 Å². The van der Waals surface area contributed by atoms with Crippen molar-refractivity contribution in [2.45, 2.75) is 20.8 Å². The number of rotatable bonds is 5. The van der Waals surface area contributed by atoms with E-state index in [9.17, 15) is 19.5 Å². The second-order valence-electron chi connectivity index (χ2n) is 5.46. The summed E-state index contributed by atoms with van der Waals surface area (Å²) in [6.07, 6.45) is 0. The molecule has 2 amide bonds. The van der Waals surface area contributed by atoms with Gasteiger partial charge in [0.1, 0.15) is 5.00 Å². The van der Waals surface area contributed by atoms with Crippen LogP contribution < -0.4 is 10.6 Å². The van der Waals surface area contributed by atoms with Crippen LogP contribution in [0.2, 0.25) is 5.02 Å². The van der Waals surface area contributed by atoms with E-state index in [0.717, 1.165) is 11.3 Å². The predicted octanol–water partition coefficient (Wildman–Crippen LogP) is 6.00. The molecule has 0 fully saturated rings. The average Bonchev–Trinajstić information content (AvgIpc) is 3.31. The second-order valence-corrected chi connectivity index (χ2v) is 7.87. The lowest BCUT2D eigenvalue weighted by Gasteiger charge is -2.04. The van der Waals surface area contributed by atoms with Crippen LogP contribution >= 0.6 is 34.3 Å². The molecule has 0 saturated carbocycles. The molecule has 2 heterocycles. The largest absolute Gasteiger partial charge is 0.478 e. The predicted molar refractivity (Wildman–Crippen MR) is 119 cm³/mol. The summed E-state index contributed by atoms with van der Waals surface area (Å²) < 4.78 is 0. The molecule has 3 rings (SSSR count). The molecule has 0 saturated heterocycles. The average molecular weight is 451 g/mol. The third kappa shape index (κ3) is 5.44. The van der Waals surface area contributed by atoms with Gasteiger partial charge in [0.25, 0.3) is 11.8 Å². The van der Waals surface area contributed by atoms with E-state index in [0.29, 0.717) is 15.6 Å². The van der Waals surface area contributed by atoms with Crippen molar-refractivity contribution >= 4 is 62.7 Å². The molecule has 3 N–H and O–H groups in total. The highest BCUT2D eigenvalue weighted by molar-refractivity contribution is 7.19. The molecular formula is C20H19ClN2O4S2. The molecule has 6 nitrogen and oxygen atoms in total. The lowest BCUT2D eigenvalue weighted by atomic mass is 10.1. The Kier molecular flexibility index (Phi) is 7.95. The molecule has 0 atom stereocenters. The first kappa shape index (κ1) is 22.6. The number of anilines is 2. The summed E-state index contributed by atoms with van der Waals surface area (Å²) in [5.41, 5.74) is 0.677. The summed E-state index contributed by atoms with van der Waals surface area (Å²) in [5, 5.41) is 17.1. The Morgan fingerprint density at radius 1 is 1.03 bits per heavy atom. The van der Waals surface area contributed by atoms with Gasteiger partial charge in [0.05, 0.1) is 15.3 Å². The summed E-state index contributed by atoms with van der Waals surface area (Å²) in [5.74, 6) is -2.11. The number of thiophene rings is 2. The Hall–Kier alpha value is -2.68. The number of hydrogen-bond acceptors (Lipinski definition) is 5. The summed E-state index contributed by atoms with van der Waals surface area (Å²) in [4.78, 5) is 37.2. The quantitative estimate of drug-likeness (QED) is 0.444. The molecule has 0 radical (unpaired) electrons. The molecule has 152 valence electrons. The molecule has 2 aromatic heterocycles. The van der Waals surface area contributed by atoms with Crippen molar-refractivity contribution in [1.29, 1.82) is 0 Å². The van der Waals surface area contributed by atoms with E-state index in [1.807, 2.05) is 13.8 Å². The van der Waals surface area contributed by atoms with Crippen LogP contribution in [-0.2, 0) is 0 Å². The standard InChI is InChI=1S/C18H13ClN2O4S2.C2H6/c1-9-13(18(24)25)17(21-15(22)12-6-3-7-26-12)27-14(9)16(23)20-11-5-2-4-10(19)8-11;1-2/h2-8H,1H3,(H,20,23)(H,21,22)(H,24,25);1-2H3. The maximum Gasteiger partial charge on any atom is 0.339 e. The number of carbonyl (C=O) groups is 3. The Morgan fingerprint density at radius 2 is 1.76 bits per heavy atom. The minimum Gasteiger partial charge on any atom is -0.478 e. The Morgan fingerprint density at radius 3 is 2.34 bits per heavy atom. The number of benzene rings is 1. The molecule has 0 bridgehead atoms. The van der Waals surface area contributed by atoms with Crippen LogP contribution in [0.25, 0.3) is 0 Å². The van der Waals surface area contributed by atoms with Gasteiger partial charge in [0, 0.05) is 10.7 Å². The van der Waals surface area contributed by atoms with Gasteiger partial charge in [-0.15, -0.1) is 22.7 Å². The molecular weight excluding hydrogens is 432 g/mol. The highest BCUT2D eigenvalue weighted by atomic mass is 35.5. The maximum atomic E-state index is 12.6. The number of nitrogens with one attached hydrogen (secondary N) is 2. The van der Waals surface area contributed by atoms with Crippen molar-refractivity contribution in [3.05, 3.63) is 67.7 Å². The molecule has 0 aliphatic rings. The number of carboxylic acids is 1. The number of hydrogen-bond donors (Lipinski definition) is 3. The number of carboxylic acid groups (broad SMARTS) is 1. The number of aromatic carboxylic acids is 1. The van der Waals surface area contributed by atoms with E-state index in [4.69, 9.17) is 11.6 Å². The molecule has 3 aromatic rings. The Labute approximate surface area is 181 Å². The van der Waals surface area contributed by atoms with E-state index in [1.54, 1.807) is 41.8 Å². The van der Waals surface area contributed by atoms with Crippen LogP contribution in [-0.4, -0.2) is 22.9 Å². The highest BCUT2D eigenvalue weighted by Crippen LogP contribution is 2.34. The zero-order valence-corrected chi connectivity index (χ0v) is 18.3. The fourth-order valence-electron chi connectivity index (χ4n) is 2.40. The number of carbonyl (C=O) groups excluding carboxylic acids is 2. The lowest BCUT2D eigenvalue weighted by molar-refractivity contribution is 0.0697. The first-order valence-electron chi connectivity index (χ1n) is 8.65. The second kappa shape index (κ2) is 10.2. The van der Waals surface area contributed by atoms with E-state index in [-0.39, 0.29) is 21.0 Å². The van der Waals surface area contributed by atoms with Gasteiger partial charge in [-0.3, -0.25) is 9.59 Å². The van der Waals surface area contributed by atoms with Crippen LogP contribution in [0.5, 0.6) is 0 Å². The fourth-order valence-corrected chi connectivity index (χ4v) is 4.30. The zero-order chi connectivity index (χ0) is 21.6. The van der Waals surface area contributed by atoms with Gasteiger partial charge >= 0.3 is 5.97 Å². The highest BCUT2D eigenvalue weighted by Gasteiger charge is 2.26. The van der Waals surface area contributed by atoms with E-state index in [2.05, 4.69) is 10.6 Å². The first-order chi connectivity index (χ1) is 13.9. The van der Waals surface area contributed by atoms with Crippen molar-refractivity contribution in [2.75, 3.05) is 10.6 Å². The molecule has 0 aliphatic heterocycles. The van der Waals surface area contributed by atoms with Crippen LogP contribution in [0.4, 0.5) is 10.7 Å². The van der Waals surface area contributed by atoms with E-state index in [1.165, 1.54) is 18.3 Å². The molecule has 29 heavy (non-hydrogen) atoms. The Balaban J connectivity index is 0.00000145. The van der Waals surface area contributed by atoms with Gasteiger partial charge < -0.3 is 15.7 Å². The molecule has 0 aliphatic carbocycles. The smallest absolute Gasteiger partial charge is 0.339 e. The summed E-state index contributed by atoms with van der Waals surface area (Å²) in [6.45, 7) is 5.54. The monoisotopic (exact) mass is 450 g/mol. The third-order valence-corrected chi connectivity index (χ3v) is 5.93. The minimum atomic E-state index is -1.22. The summed E-state index contributed by atoms with van der Waals surface area (Å²) in [6, 6.07) is 9.97. The van der Waals surface area contributed by atoms with Crippen molar-refractivity contribution in [3.63, 3.8) is 0 Å². The Bertz CT molecular complexity index is 1030. The normalized spacial score (nSPS) is 9.93. The molecule has 0 unspecified atom stereocenters. The van der Waals surface area contributed by atoms with Crippen LogP contribution in [0, 0.1) is 6.92 Å². The van der Waals surface area contributed by atoms with Crippen LogP contribution in [0.1, 0.15) is 49.1 Å². The summed E-state index contributed by atoms with van der Waals surface area (Å²) >= 11 is 8.07. The lowest BCUT2D eigenvalue weighted by Crippen LogP contribution is -2.12. The maximum absolute atomic E-state index is 12.6. The van der Waals surface area contributed by atoms with Crippen molar-refractivity contribution in [2.24, 2.45) is 0 Å². The van der Waals surface area contributed by atoms with E-state index >= 15 is 0 Å². The molecule has 0 spiro atoms. The number of halogens is 1. The first-order valence-corrected chi connectivity index (χ1v) is 10.7. The SMILES string of the molecule is CC.Cc1c(C(=O)Nc2cccc(Cl)c2)sc(NC(=O)c2cccs2)c1C(=O)O. The summed E-state index contributed by atoms with van der Waals surface area (Å²) in [7, 11) is 0. The zero-order valence-electron chi connectivity index (χ0n) is 15.9. The fraction of sp³-hybridized carbons (Fsp3) is 0.150. The molecule has 9 heteroatoms. The van der Waals surface area contributed by atoms with Crippen molar-refractivity contribution in [1.82, 2.24) is 0 Å². The van der Waals surface area contributed by atoms with Gasteiger partial charge in [-0.05, 0) is 42.1 Å². The van der Waals surface area contributed by atoms with Crippen LogP contribution in [0.15, 0.2) is 41.8 Å². The van der Waals surface area contributed by atoms with Crippen molar-refractivity contribution in [3.8, 4) is 0 Å².